The predicted molar refractivity (Wildman–Crippen MR) is 120 cm³/mol. The molecule has 5 nitrogen and oxygen atoms in total. The van der Waals surface area contributed by atoms with Gasteiger partial charge in [0.2, 0.25) is 5.95 Å². The fourth-order valence-electron chi connectivity index (χ4n) is 2.77. The first-order chi connectivity index (χ1) is 13.9. The molecule has 0 radical (unpaired) electrons. The molecule has 1 heterocycles. The quantitative estimate of drug-likeness (QED) is 0.299. The first-order valence-electron chi connectivity index (χ1n) is 8.37. The van der Waals surface area contributed by atoms with E-state index in [9.17, 15) is 4.79 Å². The van der Waals surface area contributed by atoms with E-state index in [-0.39, 0.29) is 5.91 Å². The third-order valence-electron chi connectivity index (χ3n) is 4.07. The van der Waals surface area contributed by atoms with Crippen molar-refractivity contribution in [1.82, 2.24) is 9.97 Å². The maximum atomic E-state index is 12.6. The molecule has 0 aliphatic rings. The summed E-state index contributed by atoms with van der Waals surface area (Å²) < 4.78 is 0. The Morgan fingerprint density at radius 3 is 2.28 bits per heavy atom. The van der Waals surface area contributed by atoms with Gasteiger partial charge in [-0.25, -0.2) is 4.98 Å². The van der Waals surface area contributed by atoms with Crippen molar-refractivity contribution in [1.29, 1.82) is 0 Å². The van der Waals surface area contributed by atoms with Crippen molar-refractivity contribution in [2.24, 2.45) is 0 Å². The molecule has 0 atom stereocenters. The molecule has 0 bridgehead atoms. The van der Waals surface area contributed by atoms with Crippen LogP contribution >= 0.6 is 46.4 Å². The molecule has 4 rings (SSSR count). The van der Waals surface area contributed by atoms with Crippen molar-refractivity contribution in [2.45, 2.75) is 0 Å². The number of anilines is 3. The summed E-state index contributed by atoms with van der Waals surface area (Å²) in [5, 5.41) is 7.66. The number of para-hydroxylation sites is 1. The third kappa shape index (κ3) is 4.43. The van der Waals surface area contributed by atoms with Crippen LogP contribution in [0.15, 0.2) is 54.6 Å². The molecule has 29 heavy (non-hydrogen) atoms. The second-order valence-corrected chi connectivity index (χ2v) is 7.84. The highest BCUT2D eigenvalue weighted by atomic mass is 35.5. The lowest BCUT2D eigenvalue weighted by atomic mass is 10.2. The Morgan fingerprint density at radius 1 is 0.897 bits per heavy atom. The highest BCUT2D eigenvalue weighted by molar-refractivity contribution is 6.39. The summed E-state index contributed by atoms with van der Waals surface area (Å²) in [5.74, 6) is 0.151. The van der Waals surface area contributed by atoms with Crippen LogP contribution in [0.5, 0.6) is 0 Å². The van der Waals surface area contributed by atoms with Crippen LogP contribution in [0, 0.1) is 0 Å². The van der Waals surface area contributed by atoms with Gasteiger partial charge in [0.25, 0.3) is 5.91 Å². The summed E-state index contributed by atoms with van der Waals surface area (Å²) in [6.45, 7) is 0. The molecule has 3 N–H and O–H groups in total. The average molecular weight is 466 g/mol. The first kappa shape index (κ1) is 19.9. The fraction of sp³-hybridized carbons (Fsp3) is 0. The standard InChI is InChI=1S/C20H12Cl4N4O/c21-11-7-12(22)9-13(8-11)25-19(29)10-4-5-16-17(6-10)27-20(26-16)28-18-14(23)2-1-3-15(18)24/h1-9H,(H,25,29)(H2,26,27,28). The number of rotatable bonds is 4. The lowest BCUT2D eigenvalue weighted by Crippen LogP contribution is -2.11. The van der Waals surface area contributed by atoms with E-state index in [1.165, 1.54) is 0 Å². The fourth-order valence-corrected chi connectivity index (χ4v) is 3.79. The van der Waals surface area contributed by atoms with E-state index < -0.39 is 0 Å². The number of imidazole rings is 1. The van der Waals surface area contributed by atoms with Crippen LogP contribution in [0.3, 0.4) is 0 Å². The van der Waals surface area contributed by atoms with Crippen LogP contribution in [-0.2, 0) is 0 Å². The molecule has 1 aromatic heterocycles. The van der Waals surface area contributed by atoms with E-state index in [2.05, 4.69) is 20.6 Å². The molecule has 0 fully saturated rings. The molecule has 0 aliphatic carbocycles. The lowest BCUT2D eigenvalue weighted by molar-refractivity contribution is 0.102. The normalized spacial score (nSPS) is 10.9. The minimum atomic E-state index is -0.302. The molecule has 146 valence electrons. The van der Waals surface area contributed by atoms with Crippen molar-refractivity contribution in [3.63, 3.8) is 0 Å². The second-order valence-electron chi connectivity index (χ2n) is 6.15. The van der Waals surface area contributed by atoms with E-state index in [0.717, 1.165) is 0 Å². The van der Waals surface area contributed by atoms with E-state index in [1.54, 1.807) is 54.6 Å². The zero-order valence-electron chi connectivity index (χ0n) is 14.6. The predicted octanol–water partition coefficient (Wildman–Crippen LogP) is 7.17. The van der Waals surface area contributed by atoms with Crippen molar-refractivity contribution in [2.75, 3.05) is 10.6 Å². The molecule has 0 saturated heterocycles. The Bertz CT molecular complexity index is 1200. The number of hydrogen-bond acceptors (Lipinski definition) is 3. The van der Waals surface area contributed by atoms with E-state index in [0.29, 0.717) is 54.0 Å². The highest BCUT2D eigenvalue weighted by Gasteiger charge is 2.12. The Balaban J connectivity index is 1.59. The van der Waals surface area contributed by atoms with Crippen LogP contribution in [0.25, 0.3) is 11.0 Å². The number of H-pyrrole nitrogens is 1. The van der Waals surface area contributed by atoms with Crippen LogP contribution in [0.1, 0.15) is 10.4 Å². The number of fused-ring (bicyclic) bond motifs is 1. The molecular formula is C20H12Cl4N4O. The van der Waals surface area contributed by atoms with E-state index in [4.69, 9.17) is 46.4 Å². The van der Waals surface area contributed by atoms with Gasteiger partial charge in [-0.1, -0.05) is 52.5 Å². The van der Waals surface area contributed by atoms with Gasteiger partial charge in [-0.15, -0.1) is 0 Å². The average Bonchev–Trinajstić information content (AvgIpc) is 3.05. The molecule has 3 aromatic carbocycles. The number of nitrogens with zero attached hydrogens (tertiary/aromatic N) is 1. The van der Waals surface area contributed by atoms with Gasteiger partial charge in [-0.2, -0.15) is 0 Å². The van der Waals surface area contributed by atoms with Crippen molar-refractivity contribution in [3.05, 3.63) is 80.3 Å². The molecule has 0 spiro atoms. The van der Waals surface area contributed by atoms with E-state index in [1.807, 2.05) is 0 Å². The van der Waals surface area contributed by atoms with Gasteiger partial charge in [-0.3, -0.25) is 4.79 Å². The summed E-state index contributed by atoms with van der Waals surface area (Å²) in [7, 11) is 0. The van der Waals surface area contributed by atoms with Crippen LogP contribution in [0.4, 0.5) is 17.3 Å². The zero-order valence-corrected chi connectivity index (χ0v) is 17.6. The number of aromatic nitrogens is 2. The second kappa shape index (κ2) is 8.13. The van der Waals surface area contributed by atoms with Crippen molar-refractivity contribution < 1.29 is 4.79 Å². The summed E-state index contributed by atoms with van der Waals surface area (Å²) >= 11 is 24.3. The van der Waals surface area contributed by atoms with Crippen LogP contribution in [-0.4, -0.2) is 15.9 Å². The van der Waals surface area contributed by atoms with Crippen molar-refractivity contribution in [3.8, 4) is 0 Å². The minimum Gasteiger partial charge on any atom is -0.324 e. The Kier molecular flexibility index (Phi) is 5.56. The third-order valence-corrected chi connectivity index (χ3v) is 5.14. The number of carbonyl (C=O) groups excluding carboxylic acids is 1. The molecule has 0 aliphatic heterocycles. The number of halogens is 4. The monoisotopic (exact) mass is 464 g/mol. The largest absolute Gasteiger partial charge is 0.324 e. The Labute approximate surface area is 185 Å². The van der Waals surface area contributed by atoms with Gasteiger partial charge in [0.15, 0.2) is 0 Å². The first-order valence-corrected chi connectivity index (χ1v) is 9.88. The SMILES string of the molecule is O=C(Nc1cc(Cl)cc(Cl)c1)c1ccc2nc(Nc3c(Cl)cccc3Cl)[nH]c2c1. The minimum absolute atomic E-state index is 0.302. The number of nitrogens with one attached hydrogen (secondary N) is 3. The summed E-state index contributed by atoms with van der Waals surface area (Å²) in [5.41, 5.74) is 2.85. The molecule has 4 aromatic rings. The number of amides is 1. The molecule has 9 heteroatoms. The number of aromatic amines is 1. The summed E-state index contributed by atoms with van der Waals surface area (Å²) in [6, 6.07) is 15.2. The maximum Gasteiger partial charge on any atom is 0.255 e. The molecule has 1 amide bonds. The number of hydrogen-bond donors (Lipinski definition) is 3. The maximum absolute atomic E-state index is 12.6. The number of benzene rings is 3. The topological polar surface area (TPSA) is 69.8 Å². The van der Waals surface area contributed by atoms with Gasteiger partial charge >= 0.3 is 0 Å². The molecule has 0 unspecified atom stereocenters. The van der Waals surface area contributed by atoms with Crippen LogP contribution in [0.2, 0.25) is 20.1 Å². The van der Waals surface area contributed by atoms with Gasteiger partial charge in [0.1, 0.15) is 0 Å². The van der Waals surface area contributed by atoms with Crippen LogP contribution < -0.4 is 10.6 Å². The van der Waals surface area contributed by atoms with Gasteiger partial charge in [0.05, 0.1) is 26.8 Å². The summed E-state index contributed by atoms with van der Waals surface area (Å²) in [4.78, 5) is 20.1. The summed E-state index contributed by atoms with van der Waals surface area (Å²) in [6.07, 6.45) is 0. The van der Waals surface area contributed by atoms with E-state index >= 15 is 0 Å². The lowest BCUT2D eigenvalue weighted by Gasteiger charge is -2.07. The smallest absolute Gasteiger partial charge is 0.255 e. The van der Waals surface area contributed by atoms with Gasteiger partial charge < -0.3 is 15.6 Å². The Hall–Kier alpha value is -2.44. The molecule has 0 saturated carbocycles. The highest BCUT2D eigenvalue weighted by Crippen LogP contribution is 2.32. The zero-order chi connectivity index (χ0) is 20.5. The molecular weight excluding hydrogens is 454 g/mol. The Morgan fingerprint density at radius 2 is 1.59 bits per heavy atom. The van der Waals surface area contributed by atoms with Gasteiger partial charge in [-0.05, 0) is 48.5 Å². The van der Waals surface area contributed by atoms with Gasteiger partial charge in [0, 0.05) is 21.3 Å². The number of carbonyl (C=O) groups is 1. The van der Waals surface area contributed by atoms with Crippen molar-refractivity contribution >= 4 is 80.7 Å².